The molecule has 0 unspecified atom stereocenters. The average Bonchev–Trinajstić information content (AvgIpc) is 2.80. The largest absolute Gasteiger partial charge is 0.371 e. The van der Waals surface area contributed by atoms with Crippen LogP contribution in [0.25, 0.3) is 0 Å². The number of nitrogens with zero attached hydrogens (tertiary/aromatic N) is 2. The van der Waals surface area contributed by atoms with Gasteiger partial charge in [0, 0.05) is 42.8 Å². The van der Waals surface area contributed by atoms with E-state index in [9.17, 15) is 9.59 Å². The summed E-state index contributed by atoms with van der Waals surface area (Å²) >= 11 is 0. The molecule has 2 aromatic rings. The quantitative estimate of drug-likeness (QED) is 0.713. The molecule has 2 aliphatic heterocycles. The summed E-state index contributed by atoms with van der Waals surface area (Å²) in [4.78, 5) is 28.7. The highest BCUT2D eigenvalue weighted by Gasteiger charge is 2.33. The van der Waals surface area contributed by atoms with Gasteiger partial charge >= 0.3 is 0 Å². The lowest BCUT2D eigenvalue weighted by molar-refractivity contribution is -0.140. The number of carbonyl (C=O) groups is 2. The van der Waals surface area contributed by atoms with Crippen molar-refractivity contribution in [3.05, 3.63) is 65.7 Å². The second-order valence-electron chi connectivity index (χ2n) is 8.34. The Morgan fingerprint density at radius 1 is 0.897 bits per heavy atom. The van der Waals surface area contributed by atoms with Crippen LogP contribution in [0.2, 0.25) is 0 Å². The lowest BCUT2D eigenvalue weighted by Crippen LogP contribution is -2.49. The minimum atomic E-state index is 0.136. The van der Waals surface area contributed by atoms with Gasteiger partial charge in [-0.2, -0.15) is 0 Å². The topological polar surface area (TPSA) is 40.6 Å². The Kier molecular flexibility index (Phi) is 6.28. The number of benzene rings is 2. The summed E-state index contributed by atoms with van der Waals surface area (Å²) in [6.07, 6.45) is 7.11. The molecule has 0 N–H and O–H groups in total. The van der Waals surface area contributed by atoms with E-state index in [0.717, 1.165) is 63.7 Å². The molecular formula is C25H30N2O2. The van der Waals surface area contributed by atoms with Gasteiger partial charge in [-0.05, 0) is 68.4 Å². The minimum Gasteiger partial charge on any atom is -0.371 e. The predicted octanol–water partition coefficient (Wildman–Crippen LogP) is 4.34. The number of carbonyl (C=O) groups excluding carboxylic acids is 2. The van der Waals surface area contributed by atoms with E-state index in [1.54, 1.807) is 0 Å². The van der Waals surface area contributed by atoms with Gasteiger partial charge in [0.25, 0.3) is 0 Å². The van der Waals surface area contributed by atoms with Crippen LogP contribution in [0.3, 0.4) is 0 Å². The monoisotopic (exact) mass is 390 g/mol. The zero-order valence-corrected chi connectivity index (χ0v) is 17.0. The first-order chi connectivity index (χ1) is 14.2. The van der Waals surface area contributed by atoms with Crippen LogP contribution < -0.4 is 4.90 Å². The molecule has 2 heterocycles. The van der Waals surface area contributed by atoms with Gasteiger partial charge in [-0.3, -0.25) is 9.59 Å². The summed E-state index contributed by atoms with van der Waals surface area (Å²) in [7, 11) is 0. The molecule has 4 nitrogen and oxygen atoms in total. The fourth-order valence-corrected chi connectivity index (χ4v) is 4.77. The first-order valence-electron chi connectivity index (χ1n) is 10.9. The van der Waals surface area contributed by atoms with Crippen LogP contribution in [0, 0.1) is 5.92 Å². The Labute approximate surface area is 173 Å². The van der Waals surface area contributed by atoms with Crippen LogP contribution in [0.4, 0.5) is 5.69 Å². The summed E-state index contributed by atoms with van der Waals surface area (Å²) in [5, 5.41) is 0. The molecule has 0 aliphatic carbocycles. The molecule has 0 radical (unpaired) electrons. The van der Waals surface area contributed by atoms with E-state index in [0.29, 0.717) is 17.5 Å². The molecule has 1 atom stereocenters. The van der Waals surface area contributed by atoms with Crippen molar-refractivity contribution in [2.45, 2.75) is 44.6 Å². The van der Waals surface area contributed by atoms with Crippen LogP contribution >= 0.6 is 0 Å². The Morgan fingerprint density at radius 3 is 2.31 bits per heavy atom. The second kappa shape index (κ2) is 9.25. The van der Waals surface area contributed by atoms with E-state index in [4.69, 9.17) is 0 Å². The lowest BCUT2D eigenvalue weighted by atomic mass is 9.90. The average molecular weight is 391 g/mol. The number of amides is 1. The van der Waals surface area contributed by atoms with Crippen molar-refractivity contribution in [2.75, 3.05) is 24.5 Å². The molecule has 2 fully saturated rings. The first kappa shape index (κ1) is 19.7. The minimum absolute atomic E-state index is 0.136. The van der Waals surface area contributed by atoms with Gasteiger partial charge in [-0.1, -0.05) is 30.3 Å². The molecule has 2 saturated heterocycles. The zero-order valence-electron chi connectivity index (χ0n) is 17.0. The second-order valence-corrected chi connectivity index (χ2v) is 8.34. The molecule has 0 saturated carbocycles. The van der Waals surface area contributed by atoms with Crippen molar-refractivity contribution in [3.8, 4) is 0 Å². The molecule has 0 aromatic heterocycles. The maximum absolute atomic E-state index is 13.3. The van der Waals surface area contributed by atoms with Crippen molar-refractivity contribution < 1.29 is 9.59 Å². The van der Waals surface area contributed by atoms with Crippen molar-refractivity contribution in [3.63, 3.8) is 0 Å². The van der Waals surface area contributed by atoms with Crippen molar-refractivity contribution in [1.82, 2.24) is 4.90 Å². The maximum atomic E-state index is 13.3. The number of rotatable bonds is 5. The summed E-state index contributed by atoms with van der Waals surface area (Å²) in [6.45, 7) is 2.70. The summed E-state index contributed by atoms with van der Waals surface area (Å²) < 4.78 is 0. The van der Waals surface area contributed by atoms with Gasteiger partial charge in [0.2, 0.25) is 5.91 Å². The summed E-state index contributed by atoms with van der Waals surface area (Å²) in [6, 6.07) is 18.6. The molecule has 1 amide bonds. The summed E-state index contributed by atoms with van der Waals surface area (Å²) in [5.41, 5.74) is 3.17. The molecule has 2 aliphatic rings. The standard InChI is InChI=1S/C25H30N2O2/c28-19-21-9-11-23(12-10-21)26-16-13-22(14-17-26)25(29)27-15-5-4-8-24(27)18-20-6-2-1-3-7-20/h1-3,6-7,9-12,19,22,24H,4-5,8,13-18H2/t24-/m1/s1. The third kappa shape index (κ3) is 4.69. The van der Waals surface area contributed by atoms with Gasteiger partial charge in [0.05, 0.1) is 0 Å². The molecule has 2 aromatic carbocycles. The van der Waals surface area contributed by atoms with Crippen LogP contribution in [-0.4, -0.2) is 42.8 Å². The third-order valence-corrected chi connectivity index (χ3v) is 6.46. The van der Waals surface area contributed by atoms with E-state index < -0.39 is 0 Å². The molecule has 29 heavy (non-hydrogen) atoms. The van der Waals surface area contributed by atoms with Gasteiger partial charge in [-0.15, -0.1) is 0 Å². The van der Waals surface area contributed by atoms with Crippen LogP contribution in [0.1, 0.15) is 48.0 Å². The Balaban J connectivity index is 1.36. The molecule has 4 heteroatoms. The smallest absolute Gasteiger partial charge is 0.226 e. The highest BCUT2D eigenvalue weighted by molar-refractivity contribution is 5.80. The number of anilines is 1. The van der Waals surface area contributed by atoms with Crippen LogP contribution in [-0.2, 0) is 11.2 Å². The van der Waals surface area contributed by atoms with Gasteiger partial charge < -0.3 is 9.80 Å². The van der Waals surface area contributed by atoms with Crippen LogP contribution in [0.15, 0.2) is 54.6 Å². The summed E-state index contributed by atoms with van der Waals surface area (Å²) in [5.74, 6) is 0.499. The highest BCUT2D eigenvalue weighted by Crippen LogP contribution is 2.28. The highest BCUT2D eigenvalue weighted by atomic mass is 16.2. The lowest BCUT2D eigenvalue weighted by Gasteiger charge is -2.40. The molecular weight excluding hydrogens is 360 g/mol. The number of hydrogen-bond donors (Lipinski definition) is 0. The molecule has 0 spiro atoms. The van der Waals surface area contributed by atoms with Crippen molar-refractivity contribution >= 4 is 17.9 Å². The maximum Gasteiger partial charge on any atom is 0.226 e. The van der Waals surface area contributed by atoms with Crippen LogP contribution in [0.5, 0.6) is 0 Å². The van der Waals surface area contributed by atoms with E-state index in [-0.39, 0.29) is 5.92 Å². The number of likely N-dealkylation sites (tertiary alicyclic amines) is 1. The number of piperidine rings is 2. The molecule has 4 rings (SSSR count). The van der Waals surface area contributed by atoms with Gasteiger partial charge in [0.15, 0.2) is 0 Å². The Bertz CT molecular complexity index is 810. The van der Waals surface area contributed by atoms with E-state index in [2.05, 4.69) is 34.1 Å². The van der Waals surface area contributed by atoms with E-state index in [1.807, 2.05) is 30.3 Å². The SMILES string of the molecule is O=Cc1ccc(N2CCC(C(=O)N3CCCC[C@@H]3Cc3ccccc3)CC2)cc1. The Hall–Kier alpha value is -2.62. The van der Waals surface area contributed by atoms with E-state index in [1.165, 1.54) is 12.0 Å². The van der Waals surface area contributed by atoms with Crippen molar-refractivity contribution in [1.29, 1.82) is 0 Å². The fourth-order valence-electron chi connectivity index (χ4n) is 4.77. The van der Waals surface area contributed by atoms with Gasteiger partial charge in [0.1, 0.15) is 6.29 Å². The third-order valence-electron chi connectivity index (χ3n) is 6.46. The van der Waals surface area contributed by atoms with Gasteiger partial charge in [-0.25, -0.2) is 0 Å². The van der Waals surface area contributed by atoms with E-state index >= 15 is 0 Å². The first-order valence-corrected chi connectivity index (χ1v) is 10.9. The van der Waals surface area contributed by atoms with Crippen molar-refractivity contribution in [2.24, 2.45) is 5.92 Å². The normalized spacial score (nSPS) is 20.5. The predicted molar refractivity (Wildman–Crippen MR) is 116 cm³/mol. The zero-order chi connectivity index (χ0) is 20.1. The Morgan fingerprint density at radius 2 is 1.62 bits per heavy atom. The molecule has 0 bridgehead atoms. The number of aldehydes is 1. The number of hydrogen-bond acceptors (Lipinski definition) is 3. The molecule has 152 valence electrons. The fraction of sp³-hybridized carbons (Fsp3) is 0.440.